The summed E-state index contributed by atoms with van der Waals surface area (Å²) in [5.41, 5.74) is 0. The zero-order valence-corrected chi connectivity index (χ0v) is 12.4. The van der Waals surface area contributed by atoms with Crippen molar-refractivity contribution in [1.82, 2.24) is 5.32 Å². The van der Waals surface area contributed by atoms with Crippen LogP contribution in [-0.4, -0.2) is 25.9 Å². The van der Waals surface area contributed by atoms with Gasteiger partial charge in [0, 0.05) is 6.07 Å². The molecule has 1 aliphatic heterocycles. The van der Waals surface area contributed by atoms with E-state index in [1.165, 1.54) is 11.3 Å². The van der Waals surface area contributed by atoms with Gasteiger partial charge in [0.1, 0.15) is 12.4 Å². The van der Waals surface area contributed by atoms with Crippen molar-refractivity contribution in [3.8, 4) is 29.1 Å². The second-order valence-electron chi connectivity index (χ2n) is 4.32. The average molecular weight is 315 g/mol. The molecule has 1 aromatic heterocycles. The summed E-state index contributed by atoms with van der Waals surface area (Å²) in [6, 6.07) is 8.98. The maximum atomic E-state index is 11.6. The Morgan fingerprint density at radius 3 is 3.05 bits per heavy atom. The highest BCUT2D eigenvalue weighted by atomic mass is 32.1. The van der Waals surface area contributed by atoms with E-state index in [4.69, 9.17) is 14.2 Å². The summed E-state index contributed by atoms with van der Waals surface area (Å²) in [5.74, 6) is 7.64. The Morgan fingerprint density at radius 1 is 1.27 bits per heavy atom. The first-order valence-corrected chi connectivity index (χ1v) is 7.51. The molecule has 1 N–H and O–H groups in total. The van der Waals surface area contributed by atoms with Crippen LogP contribution in [0.5, 0.6) is 17.2 Å². The molecule has 6 heteroatoms. The van der Waals surface area contributed by atoms with E-state index in [2.05, 4.69) is 17.2 Å². The average Bonchev–Trinajstić information content (AvgIpc) is 3.20. The molecule has 0 aliphatic carbocycles. The zero-order chi connectivity index (χ0) is 15.2. The summed E-state index contributed by atoms with van der Waals surface area (Å²) in [6.45, 7) is 0.776. The van der Waals surface area contributed by atoms with Crippen molar-refractivity contribution >= 4 is 17.2 Å². The van der Waals surface area contributed by atoms with Gasteiger partial charge in [-0.2, -0.15) is 0 Å². The third-order valence-corrected chi connectivity index (χ3v) is 3.73. The number of hydrogen-bond donors (Lipinski definition) is 1. The molecule has 1 amide bonds. The Morgan fingerprint density at radius 2 is 2.18 bits per heavy atom. The lowest BCUT2D eigenvalue weighted by Gasteiger charge is -2.02. The minimum absolute atomic E-state index is 0.110. The molecule has 3 rings (SSSR count). The number of thiophene rings is 1. The maximum absolute atomic E-state index is 11.6. The van der Waals surface area contributed by atoms with Crippen LogP contribution in [-0.2, 0) is 0 Å². The fourth-order valence-electron chi connectivity index (χ4n) is 1.82. The van der Waals surface area contributed by atoms with Crippen molar-refractivity contribution in [2.24, 2.45) is 0 Å². The first-order valence-electron chi connectivity index (χ1n) is 6.63. The number of rotatable bonds is 4. The van der Waals surface area contributed by atoms with Crippen molar-refractivity contribution in [2.75, 3.05) is 19.9 Å². The van der Waals surface area contributed by atoms with E-state index in [1.807, 2.05) is 11.4 Å². The number of nitrogens with one attached hydrogen (secondary N) is 1. The van der Waals surface area contributed by atoms with Gasteiger partial charge in [0.2, 0.25) is 6.79 Å². The molecule has 0 saturated heterocycles. The van der Waals surface area contributed by atoms with Crippen LogP contribution in [0.15, 0.2) is 35.7 Å². The van der Waals surface area contributed by atoms with E-state index in [0.717, 1.165) is 5.75 Å². The van der Waals surface area contributed by atoms with Gasteiger partial charge in [-0.15, -0.1) is 11.3 Å². The third-order valence-electron chi connectivity index (χ3n) is 2.86. The summed E-state index contributed by atoms with van der Waals surface area (Å²) in [7, 11) is 0. The number of carbonyl (C=O) groups excluding carboxylic acids is 1. The van der Waals surface area contributed by atoms with Gasteiger partial charge >= 0.3 is 0 Å². The fourth-order valence-corrected chi connectivity index (χ4v) is 2.46. The zero-order valence-electron chi connectivity index (χ0n) is 11.6. The van der Waals surface area contributed by atoms with Crippen LogP contribution in [0.25, 0.3) is 0 Å². The Labute approximate surface area is 131 Å². The van der Waals surface area contributed by atoms with Crippen LogP contribution < -0.4 is 19.5 Å². The van der Waals surface area contributed by atoms with Crippen molar-refractivity contribution in [3.63, 3.8) is 0 Å². The predicted molar refractivity (Wildman–Crippen MR) is 82.5 cm³/mol. The molecule has 0 unspecified atom stereocenters. The van der Waals surface area contributed by atoms with E-state index in [1.54, 1.807) is 24.3 Å². The van der Waals surface area contributed by atoms with Crippen LogP contribution >= 0.6 is 11.3 Å². The normalized spacial score (nSPS) is 11.5. The van der Waals surface area contributed by atoms with Crippen molar-refractivity contribution < 1.29 is 19.0 Å². The van der Waals surface area contributed by atoms with Gasteiger partial charge in [0.05, 0.1) is 11.4 Å². The highest BCUT2D eigenvalue weighted by molar-refractivity contribution is 7.12. The first-order chi connectivity index (χ1) is 10.8. The monoisotopic (exact) mass is 315 g/mol. The fraction of sp³-hybridized carbons (Fsp3) is 0.188. The van der Waals surface area contributed by atoms with Gasteiger partial charge in [-0.05, 0) is 23.6 Å². The van der Waals surface area contributed by atoms with Crippen LogP contribution in [0.1, 0.15) is 9.67 Å². The topological polar surface area (TPSA) is 56.8 Å². The van der Waals surface area contributed by atoms with E-state index in [0.29, 0.717) is 22.9 Å². The molecule has 112 valence electrons. The summed E-state index contributed by atoms with van der Waals surface area (Å²) in [5, 5.41) is 4.58. The largest absolute Gasteiger partial charge is 0.481 e. The molecule has 0 saturated carbocycles. The second-order valence-corrected chi connectivity index (χ2v) is 5.26. The number of hydrogen-bond acceptors (Lipinski definition) is 5. The molecular formula is C16H13NO4S. The number of fused-ring (bicyclic) bond motifs is 1. The molecule has 0 atom stereocenters. The lowest BCUT2D eigenvalue weighted by atomic mass is 10.3. The summed E-state index contributed by atoms with van der Waals surface area (Å²) < 4.78 is 16.0. The van der Waals surface area contributed by atoms with Gasteiger partial charge in [-0.1, -0.05) is 17.9 Å². The maximum Gasteiger partial charge on any atom is 0.262 e. The van der Waals surface area contributed by atoms with Crippen molar-refractivity contribution in [2.45, 2.75) is 0 Å². The summed E-state index contributed by atoms with van der Waals surface area (Å²) in [6.07, 6.45) is 0. The molecule has 0 radical (unpaired) electrons. The predicted octanol–water partition coefficient (Wildman–Crippen LogP) is 2.29. The molecule has 0 bridgehead atoms. The highest BCUT2D eigenvalue weighted by Gasteiger charge is 2.13. The van der Waals surface area contributed by atoms with Gasteiger partial charge in [0.15, 0.2) is 11.5 Å². The lowest BCUT2D eigenvalue weighted by molar-refractivity contribution is 0.0962. The number of benzene rings is 1. The lowest BCUT2D eigenvalue weighted by Crippen LogP contribution is -2.22. The van der Waals surface area contributed by atoms with Crippen molar-refractivity contribution in [1.29, 1.82) is 0 Å². The van der Waals surface area contributed by atoms with Crippen LogP contribution in [0.3, 0.4) is 0 Å². The van der Waals surface area contributed by atoms with E-state index in [9.17, 15) is 4.79 Å². The Hall–Kier alpha value is -2.65. The van der Waals surface area contributed by atoms with E-state index >= 15 is 0 Å². The van der Waals surface area contributed by atoms with Gasteiger partial charge in [0.25, 0.3) is 5.91 Å². The smallest absolute Gasteiger partial charge is 0.262 e. The number of ether oxygens (including phenoxy) is 3. The first kappa shape index (κ1) is 14.3. The Bertz CT molecular complexity index is 715. The quantitative estimate of drug-likeness (QED) is 0.880. The van der Waals surface area contributed by atoms with Crippen LogP contribution in [0.2, 0.25) is 0 Å². The number of carbonyl (C=O) groups is 1. The standard InChI is InChI=1S/C16H13NO4S/c18-16(15-4-3-9-22-15)17-7-1-2-8-19-12-5-6-13-14(10-12)21-11-20-13/h3-6,9-10H,7-8,11H2,(H,17,18). The molecule has 0 fully saturated rings. The minimum Gasteiger partial charge on any atom is -0.481 e. The Kier molecular flexibility index (Phi) is 4.47. The molecular weight excluding hydrogens is 302 g/mol. The van der Waals surface area contributed by atoms with Gasteiger partial charge in [-0.25, -0.2) is 0 Å². The SMILES string of the molecule is O=C(NCC#CCOc1ccc2c(c1)OCO2)c1cccs1. The summed E-state index contributed by atoms with van der Waals surface area (Å²) in [4.78, 5) is 12.3. The molecule has 1 aliphatic rings. The van der Waals surface area contributed by atoms with Crippen molar-refractivity contribution in [3.05, 3.63) is 40.6 Å². The van der Waals surface area contributed by atoms with Crippen LogP contribution in [0, 0.1) is 11.8 Å². The van der Waals surface area contributed by atoms with E-state index < -0.39 is 0 Å². The second kappa shape index (κ2) is 6.87. The summed E-state index contributed by atoms with van der Waals surface area (Å²) >= 11 is 1.40. The highest BCUT2D eigenvalue weighted by Crippen LogP contribution is 2.34. The molecule has 5 nitrogen and oxygen atoms in total. The molecule has 22 heavy (non-hydrogen) atoms. The van der Waals surface area contributed by atoms with Gasteiger partial charge in [-0.3, -0.25) is 4.79 Å². The minimum atomic E-state index is -0.110. The molecule has 1 aromatic carbocycles. The van der Waals surface area contributed by atoms with Gasteiger partial charge < -0.3 is 19.5 Å². The molecule has 2 heterocycles. The number of amides is 1. The van der Waals surface area contributed by atoms with Crippen LogP contribution in [0.4, 0.5) is 0 Å². The van der Waals surface area contributed by atoms with E-state index in [-0.39, 0.29) is 19.3 Å². The Balaban J connectivity index is 1.41. The molecule has 2 aromatic rings. The third kappa shape index (κ3) is 3.51. The molecule has 0 spiro atoms.